The van der Waals surface area contributed by atoms with E-state index in [0.717, 1.165) is 42.0 Å². The average molecular weight is 525 g/mol. The van der Waals surface area contributed by atoms with Crippen LogP contribution in [0.25, 0.3) is 16.9 Å². The quantitative estimate of drug-likeness (QED) is 0.209. The van der Waals surface area contributed by atoms with Crippen LogP contribution >= 0.6 is 0 Å². The average Bonchev–Trinajstić information content (AvgIpc) is 3.29. The first-order chi connectivity index (χ1) is 18.2. The van der Waals surface area contributed by atoms with Crippen molar-refractivity contribution in [3.05, 3.63) is 95.7 Å². The fraction of sp³-hybridized carbons (Fsp3) is 0.375. The first-order valence-corrected chi connectivity index (χ1v) is 13.4. The molecule has 2 heterocycles. The summed E-state index contributed by atoms with van der Waals surface area (Å²) in [6.07, 6.45) is 3.35. The summed E-state index contributed by atoms with van der Waals surface area (Å²) in [6.45, 7) is 22.2. The SMILES string of the molecule is C=C(C)C.CC.CC.CCCCNc1cc(-c2ccccc2C)nc2c(F)cnn12.Cc1ccccc1F. The molecule has 1 N–H and O–H groups in total. The predicted molar refractivity (Wildman–Crippen MR) is 161 cm³/mol. The summed E-state index contributed by atoms with van der Waals surface area (Å²) in [5.74, 6) is 0.224. The summed E-state index contributed by atoms with van der Waals surface area (Å²) in [7, 11) is 0. The number of benzene rings is 2. The largest absolute Gasteiger partial charge is 0.370 e. The van der Waals surface area contributed by atoms with Crippen molar-refractivity contribution in [1.29, 1.82) is 0 Å². The van der Waals surface area contributed by atoms with Gasteiger partial charge in [0.05, 0.1) is 11.9 Å². The lowest BCUT2D eigenvalue weighted by molar-refractivity contribution is 0.618. The van der Waals surface area contributed by atoms with E-state index >= 15 is 0 Å². The Labute approximate surface area is 228 Å². The minimum atomic E-state index is -0.408. The molecule has 0 saturated heterocycles. The van der Waals surface area contributed by atoms with Crippen molar-refractivity contribution in [3.8, 4) is 11.3 Å². The van der Waals surface area contributed by atoms with Gasteiger partial charge in [-0.3, -0.25) is 0 Å². The highest BCUT2D eigenvalue weighted by Crippen LogP contribution is 2.25. The van der Waals surface area contributed by atoms with Crippen LogP contribution in [0.2, 0.25) is 0 Å². The number of hydrogen-bond donors (Lipinski definition) is 1. The number of nitrogens with one attached hydrogen (secondary N) is 1. The van der Waals surface area contributed by atoms with Crippen LogP contribution in [0.1, 0.15) is 72.4 Å². The molecular formula is C32H46F2N4. The number of halogens is 2. The highest BCUT2D eigenvalue weighted by molar-refractivity contribution is 5.69. The molecule has 2 aromatic heterocycles. The van der Waals surface area contributed by atoms with Crippen LogP contribution in [0.3, 0.4) is 0 Å². The molecule has 2 aromatic carbocycles. The van der Waals surface area contributed by atoms with Crippen molar-refractivity contribution in [2.75, 3.05) is 11.9 Å². The van der Waals surface area contributed by atoms with Crippen LogP contribution in [0.4, 0.5) is 14.6 Å². The van der Waals surface area contributed by atoms with Gasteiger partial charge in [0.1, 0.15) is 11.6 Å². The maximum atomic E-state index is 13.9. The van der Waals surface area contributed by atoms with Gasteiger partial charge in [-0.2, -0.15) is 9.61 Å². The monoisotopic (exact) mass is 524 g/mol. The normalized spacial score (nSPS) is 9.34. The highest BCUT2D eigenvalue weighted by atomic mass is 19.1. The van der Waals surface area contributed by atoms with Gasteiger partial charge in [-0.25, -0.2) is 13.8 Å². The molecule has 4 nitrogen and oxygen atoms in total. The van der Waals surface area contributed by atoms with Crippen molar-refractivity contribution in [2.45, 2.75) is 75.2 Å². The summed E-state index contributed by atoms with van der Waals surface area (Å²) in [5.41, 5.74) is 4.99. The van der Waals surface area contributed by atoms with Crippen LogP contribution in [0.5, 0.6) is 0 Å². The lowest BCUT2D eigenvalue weighted by Gasteiger charge is -2.11. The van der Waals surface area contributed by atoms with E-state index < -0.39 is 5.82 Å². The Kier molecular flexibility index (Phi) is 17.7. The van der Waals surface area contributed by atoms with Crippen molar-refractivity contribution in [2.24, 2.45) is 0 Å². The van der Waals surface area contributed by atoms with Gasteiger partial charge in [0, 0.05) is 18.2 Å². The van der Waals surface area contributed by atoms with Crippen LogP contribution < -0.4 is 5.32 Å². The van der Waals surface area contributed by atoms with E-state index in [1.165, 1.54) is 22.4 Å². The van der Waals surface area contributed by atoms with Gasteiger partial charge in [0.15, 0.2) is 11.5 Å². The number of hydrogen-bond acceptors (Lipinski definition) is 3. The molecule has 0 saturated carbocycles. The van der Waals surface area contributed by atoms with Crippen molar-refractivity contribution >= 4 is 11.5 Å². The van der Waals surface area contributed by atoms with Crippen LogP contribution in [0, 0.1) is 25.5 Å². The van der Waals surface area contributed by atoms with Gasteiger partial charge in [0.25, 0.3) is 0 Å². The van der Waals surface area contributed by atoms with E-state index in [9.17, 15) is 8.78 Å². The van der Waals surface area contributed by atoms with E-state index in [0.29, 0.717) is 5.56 Å². The van der Waals surface area contributed by atoms with E-state index in [1.54, 1.807) is 19.1 Å². The number of fused-ring (bicyclic) bond motifs is 1. The van der Waals surface area contributed by atoms with Gasteiger partial charge in [-0.05, 0) is 51.3 Å². The number of nitrogens with zero attached hydrogens (tertiary/aromatic N) is 3. The molecule has 0 unspecified atom stereocenters. The molecule has 38 heavy (non-hydrogen) atoms. The second-order valence-corrected chi connectivity index (χ2v) is 8.31. The molecule has 6 heteroatoms. The number of allylic oxidation sites excluding steroid dienone is 1. The van der Waals surface area contributed by atoms with E-state index in [4.69, 9.17) is 0 Å². The van der Waals surface area contributed by atoms with Crippen molar-refractivity contribution in [3.63, 3.8) is 0 Å². The van der Waals surface area contributed by atoms with Crippen molar-refractivity contribution < 1.29 is 8.78 Å². The fourth-order valence-corrected chi connectivity index (χ4v) is 3.00. The Bertz CT molecular complexity index is 1190. The van der Waals surface area contributed by atoms with Crippen LogP contribution in [-0.4, -0.2) is 21.1 Å². The third-order valence-electron chi connectivity index (χ3n) is 4.76. The minimum Gasteiger partial charge on any atom is -0.370 e. The molecule has 0 aliphatic heterocycles. The number of unbranched alkanes of at least 4 members (excludes halogenated alkanes) is 1. The summed E-state index contributed by atoms with van der Waals surface area (Å²) < 4.78 is 27.8. The molecular weight excluding hydrogens is 478 g/mol. The maximum absolute atomic E-state index is 13.9. The molecule has 0 spiro atoms. The smallest absolute Gasteiger partial charge is 0.194 e. The summed E-state index contributed by atoms with van der Waals surface area (Å²) in [4.78, 5) is 4.44. The summed E-state index contributed by atoms with van der Waals surface area (Å²) in [6, 6.07) is 16.6. The van der Waals surface area contributed by atoms with Crippen LogP contribution in [-0.2, 0) is 0 Å². The first-order valence-electron chi connectivity index (χ1n) is 13.4. The van der Waals surface area contributed by atoms with Gasteiger partial charge < -0.3 is 5.32 Å². The Morgan fingerprint density at radius 2 is 1.45 bits per heavy atom. The molecule has 0 radical (unpaired) electrons. The molecule has 208 valence electrons. The maximum Gasteiger partial charge on any atom is 0.194 e. The Hall–Kier alpha value is -3.54. The fourth-order valence-electron chi connectivity index (χ4n) is 3.00. The second kappa shape index (κ2) is 19.6. The number of aryl methyl sites for hydroxylation is 2. The zero-order chi connectivity index (χ0) is 29.1. The second-order valence-electron chi connectivity index (χ2n) is 8.31. The van der Waals surface area contributed by atoms with Crippen molar-refractivity contribution in [1.82, 2.24) is 14.6 Å². The van der Waals surface area contributed by atoms with Gasteiger partial charge in [-0.15, -0.1) is 6.58 Å². The Balaban J connectivity index is 0.000000707. The van der Waals surface area contributed by atoms with E-state index in [-0.39, 0.29) is 11.5 Å². The summed E-state index contributed by atoms with van der Waals surface area (Å²) >= 11 is 0. The third kappa shape index (κ3) is 11.7. The minimum absolute atomic E-state index is 0.132. The molecule has 4 rings (SSSR count). The highest BCUT2D eigenvalue weighted by Gasteiger charge is 2.13. The lowest BCUT2D eigenvalue weighted by atomic mass is 10.1. The molecule has 0 aliphatic rings. The van der Waals surface area contributed by atoms with Gasteiger partial charge in [-0.1, -0.05) is 89.1 Å². The van der Waals surface area contributed by atoms with E-state index in [1.807, 2.05) is 84.9 Å². The lowest BCUT2D eigenvalue weighted by Crippen LogP contribution is -2.08. The number of rotatable bonds is 5. The molecule has 0 fully saturated rings. The Morgan fingerprint density at radius 3 is 1.95 bits per heavy atom. The molecule has 0 aliphatic carbocycles. The van der Waals surface area contributed by atoms with Crippen LogP contribution in [0.15, 0.2) is 72.9 Å². The van der Waals surface area contributed by atoms with Gasteiger partial charge >= 0.3 is 0 Å². The summed E-state index contributed by atoms with van der Waals surface area (Å²) in [5, 5.41) is 7.40. The van der Waals surface area contributed by atoms with Gasteiger partial charge in [0.2, 0.25) is 0 Å². The first kappa shape index (κ1) is 34.5. The van der Waals surface area contributed by atoms with E-state index in [2.05, 4.69) is 28.9 Å². The predicted octanol–water partition coefficient (Wildman–Crippen LogP) is 9.82. The molecule has 4 aromatic rings. The molecule has 0 bridgehead atoms. The standard InChI is InChI=1S/C17H19FN4.C7H7F.C4H8.2C2H6/c1-3-4-9-19-16-10-15(13-8-6-5-7-12(13)2)21-17-14(18)11-20-22(16)17;1-6-4-2-3-5-7(6)8;1-4(2)3;2*1-2/h5-8,10-11,19H,3-4,9H2,1-2H3;2-5H,1H3;1H2,2-3H3;2*1-2H3. The third-order valence-corrected chi connectivity index (χ3v) is 4.76. The molecule has 0 amide bonds. The zero-order valence-corrected chi connectivity index (χ0v) is 24.7. The molecule has 0 atom stereocenters. The topological polar surface area (TPSA) is 42.2 Å². The zero-order valence-electron chi connectivity index (χ0n) is 24.7. The number of anilines is 1. The number of aromatic nitrogens is 3. The Morgan fingerprint density at radius 1 is 0.895 bits per heavy atom.